The third kappa shape index (κ3) is 3.45. The average molecular weight is 249 g/mol. The van der Waals surface area contributed by atoms with Crippen molar-refractivity contribution in [2.24, 2.45) is 5.73 Å². The number of β-amino-alcohol motifs (C(OH)–C–C–N with tert-alkyl or cyclic N) is 1. The lowest BCUT2D eigenvalue weighted by atomic mass is 10.2. The first-order chi connectivity index (χ1) is 8.69. The van der Waals surface area contributed by atoms with E-state index in [0.717, 1.165) is 26.2 Å². The Morgan fingerprint density at radius 2 is 2.00 bits per heavy atom. The van der Waals surface area contributed by atoms with Crippen molar-refractivity contribution in [2.75, 3.05) is 44.2 Å². The fourth-order valence-corrected chi connectivity index (χ4v) is 2.39. The van der Waals surface area contributed by atoms with Crippen molar-refractivity contribution in [3.63, 3.8) is 0 Å². The molecule has 1 aliphatic heterocycles. The number of anilines is 1. The Morgan fingerprint density at radius 3 is 2.61 bits per heavy atom. The number of hydrogen-bond acceptors (Lipinski definition) is 4. The monoisotopic (exact) mass is 249 g/mol. The van der Waals surface area contributed by atoms with Crippen LogP contribution in [0.1, 0.15) is 5.56 Å². The minimum atomic E-state index is -0.393. The predicted octanol–water partition coefficient (Wildman–Crippen LogP) is 0.437. The predicted molar refractivity (Wildman–Crippen MR) is 74.9 cm³/mol. The van der Waals surface area contributed by atoms with Crippen LogP contribution in [0.15, 0.2) is 24.3 Å². The maximum atomic E-state index is 9.55. The standard InChI is InChI=1S/C14H23N3O/c1-12-3-2-4-13(9-12)17-7-5-16(6-8-17)11-14(18)10-15/h2-4,9,14,18H,5-8,10-11,15H2,1H3/t14-/m1/s1. The van der Waals surface area contributed by atoms with Crippen molar-refractivity contribution in [3.05, 3.63) is 29.8 Å². The normalized spacial score (nSPS) is 18.9. The summed E-state index contributed by atoms with van der Waals surface area (Å²) in [5.74, 6) is 0. The van der Waals surface area contributed by atoms with Crippen molar-refractivity contribution in [3.8, 4) is 0 Å². The van der Waals surface area contributed by atoms with Crippen LogP contribution < -0.4 is 10.6 Å². The Morgan fingerprint density at radius 1 is 1.28 bits per heavy atom. The molecule has 0 unspecified atom stereocenters. The van der Waals surface area contributed by atoms with Gasteiger partial charge in [0.2, 0.25) is 0 Å². The summed E-state index contributed by atoms with van der Waals surface area (Å²) in [6.45, 7) is 7.17. The van der Waals surface area contributed by atoms with Gasteiger partial charge < -0.3 is 15.7 Å². The van der Waals surface area contributed by atoms with Gasteiger partial charge in [0.15, 0.2) is 0 Å². The molecular weight excluding hydrogens is 226 g/mol. The van der Waals surface area contributed by atoms with E-state index in [1.807, 2.05) is 0 Å². The van der Waals surface area contributed by atoms with Crippen LogP contribution in [-0.4, -0.2) is 55.4 Å². The number of hydrogen-bond donors (Lipinski definition) is 2. The third-order valence-corrected chi connectivity index (χ3v) is 3.48. The smallest absolute Gasteiger partial charge is 0.0789 e. The van der Waals surface area contributed by atoms with Crippen LogP contribution in [0.2, 0.25) is 0 Å². The molecule has 4 nitrogen and oxygen atoms in total. The number of rotatable bonds is 4. The maximum Gasteiger partial charge on any atom is 0.0789 e. The molecule has 0 radical (unpaired) electrons. The number of aliphatic hydroxyl groups excluding tert-OH is 1. The van der Waals surface area contributed by atoms with Gasteiger partial charge in [-0.1, -0.05) is 12.1 Å². The van der Waals surface area contributed by atoms with Gasteiger partial charge in [0.1, 0.15) is 0 Å². The van der Waals surface area contributed by atoms with Crippen LogP contribution in [0.5, 0.6) is 0 Å². The molecule has 18 heavy (non-hydrogen) atoms. The number of aliphatic hydroxyl groups is 1. The molecule has 0 aromatic heterocycles. The first-order valence-electron chi connectivity index (χ1n) is 6.61. The summed E-state index contributed by atoms with van der Waals surface area (Å²) in [7, 11) is 0. The molecule has 2 rings (SSSR count). The Kier molecular flexibility index (Phi) is 4.58. The zero-order valence-electron chi connectivity index (χ0n) is 11.0. The summed E-state index contributed by atoms with van der Waals surface area (Å²) in [4.78, 5) is 4.68. The van der Waals surface area contributed by atoms with Crippen LogP contribution in [0.4, 0.5) is 5.69 Å². The third-order valence-electron chi connectivity index (χ3n) is 3.48. The first-order valence-corrected chi connectivity index (χ1v) is 6.61. The van der Waals surface area contributed by atoms with Crippen molar-refractivity contribution in [2.45, 2.75) is 13.0 Å². The minimum absolute atomic E-state index is 0.345. The van der Waals surface area contributed by atoms with Gasteiger partial charge in [0.05, 0.1) is 6.10 Å². The lowest BCUT2D eigenvalue weighted by Gasteiger charge is -2.36. The van der Waals surface area contributed by atoms with Gasteiger partial charge in [-0.25, -0.2) is 0 Å². The molecular formula is C14H23N3O. The molecule has 1 saturated heterocycles. The first kappa shape index (κ1) is 13.3. The summed E-state index contributed by atoms with van der Waals surface area (Å²) in [5, 5.41) is 9.55. The molecule has 1 heterocycles. The van der Waals surface area contributed by atoms with E-state index in [2.05, 4.69) is 41.0 Å². The number of nitrogens with zero attached hydrogens (tertiary/aromatic N) is 2. The van der Waals surface area contributed by atoms with Crippen molar-refractivity contribution in [1.82, 2.24) is 4.90 Å². The van der Waals surface area contributed by atoms with E-state index in [0.29, 0.717) is 13.1 Å². The average Bonchev–Trinajstić information content (AvgIpc) is 2.39. The second kappa shape index (κ2) is 6.18. The zero-order chi connectivity index (χ0) is 13.0. The molecule has 1 aliphatic rings. The van der Waals surface area contributed by atoms with E-state index in [1.54, 1.807) is 0 Å². The molecule has 1 aromatic rings. The quantitative estimate of drug-likeness (QED) is 0.813. The fraction of sp³-hybridized carbons (Fsp3) is 0.571. The molecule has 1 atom stereocenters. The van der Waals surface area contributed by atoms with Gasteiger partial charge >= 0.3 is 0 Å². The highest BCUT2D eigenvalue weighted by molar-refractivity contribution is 5.48. The molecule has 4 heteroatoms. The summed E-state index contributed by atoms with van der Waals surface area (Å²) >= 11 is 0. The molecule has 0 saturated carbocycles. The van der Waals surface area contributed by atoms with Crippen LogP contribution in [0.3, 0.4) is 0 Å². The van der Waals surface area contributed by atoms with E-state index in [1.165, 1.54) is 11.3 Å². The van der Waals surface area contributed by atoms with E-state index in [4.69, 9.17) is 5.73 Å². The minimum Gasteiger partial charge on any atom is -0.390 e. The summed E-state index contributed by atoms with van der Waals surface area (Å²) < 4.78 is 0. The largest absolute Gasteiger partial charge is 0.390 e. The zero-order valence-corrected chi connectivity index (χ0v) is 11.0. The summed E-state index contributed by atoms with van der Waals surface area (Å²) in [6.07, 6.45) is -0.393. The van der Waals surface area contributed by atoms with Crippen LogP contribution in [-0.2, 0) is 0 Å². The lowest BCUT2D eigenvalue weighted by molar-refractivity contribution is 0.115. The second-order valence-corrected chi connectivity index (χ2v) is 5.02. The fourth-order valence-electron chi connectivity index (χ4n) is 2.39. The number of aryl methyl sites for hydroxylation is 1. The number of benzene rings is 1. The highest BCUT2D eigenvalue weighted by Crippen LogP contribution is 2.17. The van der Waals surface area contributed by atoms with Crippen LogP contribution in [0, 0.1) is 6.92 Å². The Balaban J connectivity index is 1.87. The van der Waals surface area contributed by atoms with Gasteiger partial charge in [0.25, 0.3) is 0 Å². The van der Waals surface area contributed by atoms with E-state index < -0.39 is 6.10 Å². The topological polar surface area (TPSA) is 52.7 Å². The lowest BCUT2D eigenvalue weighted by Crippen LogP contribution is -2.49. The maximum absolute atomic E-state index is 9.55. The Labute approximate surface area is 109 Å². The highest BCUT2D eigenvalue weighted by Gasteiger charge is 2.18. The van der Waals surface area contributed by atoms with Gasteiger partial charge in [-0.15, -0.1) is 0 Å². The molecule has 0 bridgehead atoms. The summed E-state index contributed by atoms with van der Waals surface area (Å²) in [6, 6.07) is 8.62. The van der Waals surface area contributed by atoms with Gasteiger partial charge in [-0.2, -0.15) is 0 Å². The van der Waals surface area contributed by atoms with Gasteiger partial charge in [-0.3, -0.25) is 4.90 Å². The molecule has 1 fully saturated rings. The molecule has 0 aliphatic carbocycles. The van der Waals surface area contributed by atoms with Gasteiger partial charge in [0, 0.05) is 45.0 Å². The second-order valence-electron chi connectivity index (χ2n) is 5.02. The molecule has 0 spiro atoms. The van der Waals surface area contributed by atoms with Crippen molar-refractivity contribution < 1.29 is 5.11 Å². The number of nitrogens with two attached hydrogens (primary N) is 1. The SMILES string of the molecule is Cc1cccc(N2CCN(C[C@H](O)CN)CC2)c1. The molecule has 1 aromatic carbocycles. The Bertz CT molecular complexity index is 375. The summed E-state index contributed by atoms with van der Waals surface area (Å²) in [5.41, 5.74) is 8.04. The molecule has 100 valence electrons. The van der Waals surface area contributed by atoms with E-state index in [9.17, 15) is 5.11 Å². The van der Waals surface area contributed by atoms with Crippen molar-refractivity contribution in [1.29, 1.82) is 0 Å². The molecule has 3 N–H and O–H groups in total. The van der Waals surface area contributed by atoms with Crippen LogP contribution in [0.25, 0.3) is 0 Å². The van der Waals surface area contributed by atoms with Gasteiger partial charge in [-0.05, 0) is 24.6 Å². The van der Waals surface area contributed by atoms with E-state index in [-0.39, 0.29) is 0 Å². The van der Waals surface area contributed by atoms with E-state index >= 15 is 0 Å². The van der Waals surface area contributed by atoms with Crippen LogP contribution >= 0.6 is 0 Å². The number of piperazine rings is 1. The Hall–Kier alpha value is -1.10. The molecule has 0 amide bonds. The van der Waals surface area contributed by atoms with Crippen molar-refractivity contribution >= 4 is 5.69 Å². The highest BCUT2D eigenvalue weighted by atomic mass is 16.3.